The first-order chi connectivity index (χ1) is 14.9. The van der Waals surface area contributed by atoms with Gasteiger partial charge in [-0.3, -0.25) is 29.6 Å². The van der Waals surface area contributed by atoms with Gasteiger partial charge in [-0.25, -0.2) is 0 Å². The summed E-state index contributed by atoms with van der Waals surface area (Å²) in [4.78, 5) is 49.0. The van der Waals surface area contributed by atoms with Crippen molar-refractivity contribution in [3.8, 4) is 5.75 Å². The Balaban J connectivity index is 1.50. The van der Waals surface area contributed by atoms with E-state index >= 15 is 0 Å². The molecule has 0 radical (unpaired) electrons. The second-order valence-electron chi connectivity index (χ2n) is 7.07. The molecule has 31 heavy (non-hydrogen) atoms. The molecule has 162 valence electrons. The summed E-state index contributed by atoms with van der Waals surface area (Å²) in [5.74, 6) is -2.53. The summed E-state index contributed by atoms with van der Waals surface area (Å²) >= 11 is 0. The molecule has 1 saturated heterocycles. The molecular weight excluding hydrogens is 402 g/mol. The summed E-state index contributed by atoms with van der Waals surface area (Å²) in [6, 6.07) is 13.8. The van der Waals surface area contributed by atoms with Crippen molar-refractivity contribution >= 4 is 29.4 Å². The molecule has 2 aromatic rings. The van der Waals surface area contributed by atoms with E-state index in [1.54, 1.807) is 42.5 Å². The van der Waals surface area contributed by atoms with E-state index in [2.05, 4.69) is 10.7 Å². The normalized spacial score (nSPS) is 15.4. The molecule has 1 atom stereocenters. The Hall–Kier alpha value is -3.88. The lowest BCUT2D eigenvalue weighted by Crippen LogP contribution is -2.43. The number of amides is 3. The number of esters is 1. The van der Waals surface area contributed by atoms with Crippen molar-refractivity contribution in [3.05, 3.63) is 59.7 Å². The van der Waals surface area contributed by atoms with Crippen molar-refractivity contribution in [3.63, 3.8) is 0 Å². The number of nitrogens with one attached hydrogen (secondary N) is 2. The van der Waals surface area contributed by atoms with Crippen LogP contribution in [0.15, 0.2) is 48.5 Å². The predicted octanol–water partition coefficient (Wildman–Crippen LogP) is 1.68. The van der Waals surface area contributed by atoms with Crippen molar-refractivity contribution in [2.75, 3.05) is 25.6 Å². The number of para-hydroxylation sites is 1. The summed E-state index contributed by atoms with van der Waals surface area (Å²) in [6.07, 6.45) is -0.120. The number of benzene rings is 2. The summed E-state index contributed by atoms with van der Waals surface area (Å²) in [5.41, 5.74) is 4.33. The number of aryl methyl sites for hydroxylation is 1. The molecule has 0 bridgehead atoms. The standard InChI is InChI=1S/C22H23N3O6/c1-14-6-5-7-16(10-14)23-19(26)13-31-22(29)15-11-20(27)25(12-15)24-21(28)17-8-3-4-9-18(17)30-2/h3-10,15H,11-13H2,1-2H3,(H,23,26)(H,24,28)/t15-/m0/s1. The maximum atomic E-state index is 12.5. The number of hydrogen-bond acceptors (Lipinski definition) is 6. The van der Waals surface area contributed by atoms with Crippen LogP contribution >= 0.6 is 0 Å². The SMILES string of the molecule is COc1ccccc1C(=O)NN1C[C@@H](C(=O)OCC(=O)Nc2cccc(C)c2)CC1=O. The average Bonchev–Trinajstić information content (AvgIpc) is 3.12. The van der Waals surface area contributed by atoms with Gasteiger partial charge in [0, 0.05) is 12.1 Å². The molecule has 1 heterocycles. The van der Waals surface area contributed by atoms with Crippen LogP contribution < -0.4 is 15.5 Å². The number of rotatable bonds is 7. The number of ether oxygens (including phenoxy) is 2. The fourth-order valence-electron chi connectivity index (χ4n) is 3.16. The van der Waals surface area contributed by atoms with Crippen molar-refractivity contribution < 1.29 is 28.7 Å². The van der Waals surface area contributed by atoms with Gasteiger partial charge in [0.1, 0.15) is 5.75 Å². The number of anilines is 1. The number of methoxy groups -OCH3 is 1. The minimum atomic E-state index is -0.780. The Morgan fingerprint density at radius 3 is 2.65 bits per heavy atom. The zero-order chi connectivity index (χ0) is 22.4. The number of carbonyl (C=O) groups is 4. The van der Waals surface area contributed by atoms with Crippen molar-refractivity contribution in [1.82, 2.24) is 10.4 Å². The summed E-state index contributed by atoms with van der Waals surface area (Å²) < 4.78 is 10.2. The molecule has 0 aliphatic carbocycles. The summed E-state index contributed by atoms with van der Waals surface area (Å²) in [7, 11) is 1.44. The monoisotopic (exact) mass is 425 g/mol. The van der Waals surface area contributed by atoms with E-state index in [1.165, 1.54) is 7.11 Å². The number of carbonyl (C=O) groups excluding carboxylic acids is 4. The van der Waals surface area contributed by atoms with Gasteiger partial charge >= 0.3 is 5.97 Å². The van der Waals surface area contributed by atoms with E-state index < -0.39 is 36.2 Å². The van der Waals surface area contributed by atoms with Crippen LogP contribution in [0.2, 0.25) is 0 Å². The largest absolute Gasteiger partial charge is 0.496 e. The number of nitrogens with zero attached hydrogens (tertiary/aromatic N) is 1. The fraction of sp³-hybridized carbons (Fsp3) is 0.273. The molecule has 9 nitrogen and oxygen atoms in total. The molecule has 0 unspecified atom stereocenters. The van der Waals surface area contributed by atoms with E-state index in [9.17, 15) is 19.2 Å². The van der Waals surface area contributed by atoms with Crippen LogP contribution in [0.5, 0.6) is 5.75 Å². The third-order valence-electron chi connectivity index (χ3n) is 4.69. The van der Waals surface area contributed by atoms with Gasteiger partial charge in [-0.05, 0) is 36.8 Å². The topological polar surface area (TPSA) is 114 Å². The zero-order valence-electron chi connectivity index (χ0n) is 17.2. The molecule has 1 fully saturated rings. The quantitative estimate of drug-likeness (QED) is 0.653. The molecule has 3 amide bonds. The minimum absolute atomic E-state index is 0.0436. The molecule has 1 aliphatic rings. The first kappa shape index (κ1) is 21.8. The maximum absolute atomic E-state index is 12.5. The molecule has 0 saturated carbocycles. The maximum Gasteiger partial charge on any atom is 0.311 e. The Labute approximate surface area is 179 Å². The van der Waals surface area contributed by atoms with Crippen molar-refractivity contribution in [1.29, 1.82) is 0 Å². The van der Waals surface area contributed by atoms with Crippen molar-refractivity contribution in [2.45, 2.75) is 13.3 Å². The highest BCUT2D eigenvalue weighted by Gasteiger charge is 2.37. The van der Waals surface area contributed by atoms with Gasteiger partial charge in [0.25, 0.3) is 11.8 Å². The third-order valence-corrected chi connectivity index (χ3v) is 4.69. The lowest BCUT2D eigenvalue weighted by molar-refractivity contribution is -0.151. The van der Waals surface area contributed by atoms with E-state index in [0.717, 1.165) is 10.6 Å². The highest BCUT2D eigenvalue weighted by Crippen LogP contribution is 2.20. The van der Waals surface area contributed by atoms with Crippen LogP contribution in [0, 0.1) is 12.8 Å². The van der Waals surface area contributed by atoms with Gasteiger partial charge in [0.15, 0.2) is 6.61 Å². The fourth-order valence-corrected chi connectivity index (χ4v) is 3.16. The van der Waals surface area contributed by atoms with Crippen LogP contribution in [-0.2, 0) is 19.1 Å². The molecule has 0 spiro atoms. The summed E-state index contributed by atoms with van der Waals surface area (Å²) in [6.45, 7) is 1.38. The number of hydrogen-bond donors (Lipinski definition) is 2. The first-order valence-corrected chi connectivity index (χ1v) is 9.65. The zero-order valence-corrected chi connectivity index (χ0v) is 17.2. The highest BCUT2D eigenvalue weighted by atomic mass is 16.5. The van der Waals surface area contributed by atoms with E-state index in [4.69, 9.17) is 9.47 Å². The predicted molar refractivity (Wildman–Crippen MR) is 111 cm³/mol. The van der Waals surface area contributed by atoms with Gasteiger partial charge in [0.2, 0.25) is 5.91 Å². The van der Waals surface area contributed by atoms with Crippen LogP contribution in [0.4, 0.5) is 5.69 Å². The molecule has 9 heteroatoms. The molecule has 2 N–H and O–H groups in total. The number of hydrazine groups is 1. The van der Waals surface area contributed by atoms with Crippen LogP contribution in [0.25, 0.3) is 0 Å². The van der Waals surface area contributed by atoms with Gasteiger partial charge < -0.3 is 14.8 Å². The first-order valence-electron chi connectivity index (χ1n) is 9.65. The average molecular weight is 425 g/mol. The Morgan fingerprint density at radius 1 is 1.13 bits per heavy atom. The third kappa shape index (κ3) is 5.59. The Bertz CT molecular complexity index is 1010. The second kappa shape index (κ2) is 9.75. The van der Waals surface area contributed by atoms with Gasteiger partial charge in [-0.2, -0.15) is 0 Å². The Morgan fingerprint density at radius 2 is 1.90 bits per heavy atom. The molecule has 1 aliphatic heterocycles. The molecule has 3 rings (SSSR count). The van der Waals surface area contributed by atoms with Gasteiger partial charge in [-0.1, -0.05) is 24.3 Å². The van der Waals surface area contributed by atoms with E-state index in [-0.39, 0.29) is 18.5 Å². The highest BCUT2D eigenvalue weighted by molar-refractivity contribution is 5.98. The molecular formula is C22H23N3O6. The molecule has 2 aromatic carbocycles. The summed E-state index contributed by atoms with van der Waals surface area (Å²) in [5, 5.41) is 3.72. The van der Waals surface area contributed by atoms with Gasteiger partial charge in [-0.15, -0.1) is 0 Å². The van der Waals surface area contributed by atoms with E-state index in [0.29, 0.717) is 11.4 Å². The Kier molecular flexibility index (Phi) is 6.86. The van der Waals surface area contributed by atoms with Crippen LogP contribution in [0.1, 0.15) is 22.3 Å². The molecule has 0 aromatic heterocycles. The van der Waals surface area contributed by atoms with Crippen LogP contribution in [-0.4, -0.2) is 49.0 Å². The van der Waals surface area contributed by atoms with E-state index in [1.807, 2.05) is 13.0 Å². The van der Waals surface area contributed by atoms with Crippen molar-refractivity contribution in [2.24, 2.45) is 5.92 Å². The van der Waals surface area contributed by atoms with Gasteiger partial charge in [0.05, 0.1) is 25.1 Å². The lowest BCUT2D eigenvalue weighted by Gasteiger charge is -2.18. The minimum Gasteiger partial charge on any atom is -0.496 e. The van der Waals surface area contributed by atoms with Crippen LogP contribution in [0.3, 0.4) is 0 Å². The smallest absolute Gasteiger partial charge is 0.311 e. The lowest BCUT2D eigenvalue weighted by atomic mass is 10.1. The second-order valence-corrected chi connectivity index (χ2v) is 7.07.